The number of hydrogen-bond acceptors (Lipinski definition) is 3. The molecule has 0 aromatic heterocycles. The van der Waals surface area contributed by atoms with Gasteiger partial charge in [-0.3, -0.25) is 0 Å². The lowest BCUT2D eigenvalue weighted by Crippen LogP contribution is -2.40. The van der Waals surface area contributed by atoms with E-state index in [2.05, 4.69) is 11.3 Å². The van der Waals surface area contributed by atoms with E-state index in [-0.39, 0.29) is 6.04 Å². The molecule has 0 bridgehead atoms. The molecule has 1 amide bonds. The minimum absolute atomic E-state index is 0.0686. The largest absolute Gasteiger partial charge is 0.444 e. The highest BCUT2D eigenvalue weighted by Gasteiger charge is 2.20. The van der Waals surface area contributed by atoms with Crippen molar-refractivity contribution in [1.82, 2.24) is 5.32 Å². The quantitative estimate of drug-likeness (QED) is 0.641. The zero-order valence-electron chi connectivity index (χ0n) is 16.9. The predicted molar refractivity (Wildman–Crippen MR) is 113 cm³/mol. The second-order valence-corrected chi connectivity index (χ2v) is 7.87. The van der Waals surface area contributed by atoms with Crippen LogP contribution in [0.2, 0.25) is 0 Å². The number of rotatable bonds is 8. The highest BCUT2D eigenvalue weighted by atomic mass is 16.6. The Balaban J connectivity index is 1.98. The molecule has 148 valence electrons. The number of carbonyl (C=O) groups excluding carboxylic acids is 2. The zero-order chi connectivity index (χ0) is 20.4. The number of nitrogens with one attached hydrogen (secondary N) is 1. The van der Waals surface area contributed by atoms with E-state index >= 15 is 0 Å². The van der Waals surface area contributed by atoms with Gasteiger partial charge in [0.2, 0.25) is 0 Å². The van der Waals surface area contributed by atoms with Gasteiger partial charge < -0.3 is 10.1 Å². The first-order valence-corrected chi connectivity index (χ1v) is 9.70. The number of carbonyl (C=O) groups is 1. The molecule has 28 heavy (non-hydrogen) atoms. The Labute approximate surface area is 167 Å². The van der Waals surface area contributed by atoms with Crippen molar-refractivity contribution < 1.29 is 14.3 Å². The number of benzene rings is 2. The summed E-state index contributed by atoms with van der Waals surface area (Å²) >= 11 is 0. The van der Waals surface area contributed by atoms with Gasteiger partial charge in [0, 0.05) is 11.6 Å². The molecule has 2 aromatic carbocycles. The summed E-state index contributed by atoms with van der Waals surface area (Å²) in [5.41, 5.74) is 2.17. The average Bonchev–Trinajstić information content (AvgIpc) is 2.65. The summed E-state index contributed by atoms with van der Waals surface area (Å²) in [6.07, 6.45) is 2.43. The molecule has 1 unspecified atom stereocenters. The topological polar surface area (TPSA) is 55.4 Å². The lowest BCUT2D eigenvalue weighted by molar-refractivity contribution is 0.0501. The smallest absolute Gasteiger partial charge is 0.407 e. The minimum Gasteiger partial charge on any atom is -0.444 e. The van der Waals surface area contributed by atoms with Crippen molar-refractivity contribution in [3.63, 3.8) is 0 Å². The van der Waals surface area contributed by atoms with Gasteiger partial charge in [0.15, 0.2) is 0 Å². The van der Waals surface area contributed by atoms with Gasteiger partial charge in [0.05, 0.1) is 0 Å². The Kier molecular flexibility index (Phi) is 8.03. The molecule has 0 aliphatic heterocycles. The molecule has 0 heterocycles. The van der Waals surface area contributed by atoms with Gasteiger partial charge in [-0.2, -0.15) is 0 Å². The first-order valence-electron chi connectivity index (χ1n) is 9.70. The maximum absolute atomic E-state index is 12.2. The molecule has 4 nitrogen and oxygen atoms in total. The molecule has 0 aliphatic carbocycles. The van der Waals surface area contributed by atoms with Crippen molar-refractivity contribution >= 4 is 17.6 Å². The van der Waals surface area contributed by atoms with E-state index in [0.717, 1.165) is 24.0 Å². The van der Waals surface area contributed by atoms with E-state index in [1.165, 1.54) is 0 Å². The van der Waals surface area contributed by atoms with Crippen molar-refractivity contribution in [2.75, 3.05) is 0 Å². The second kappa shape index (κ2) is 10.5. The van der Waals surface area contributed by atoms with Gasteiger partial charge in [-0.25, -0.2) is 9.59 Å². The average molecular weight is 380 g/mol. The molecule has 1 atom stereocenters. The van der Waals surface area contributed by atoms with Crippen molar-refractivity contribution in [3.05, 3.63) is 71.8 Å². The predicted octanol–water partition coefficient (Wildman–Crippen LogP) is 5.21. The Bertz CT molecular complexity index is 788. The monoisotopic (exact) mass is 379 g/mol. The van der Waals surface area contributed by atoms with Crippen LogP contribution in [0.1, 0.15) is 51.2 Å². The molecule has 0 aliphatic rings. The van der Waals surface area contributed by atoms with Crippen LogP contribution in [0, 0.1) is 0 Å². The first kappa shape index (κ1) is 21.5. The highest BCUT2D eigenvalue weighted by molar-refractivity contribution is 5.87. The molecule has 0 spiro atoms. The van der Waals surface area contributed by atoms with Gasteiger partial charge in [-0.1, -0.05) is 60.7 Å². The van der Waals surface area contributed by atoms with Gasteiger partial charge in [0.1, 0.15) is 11.5 Å². The van der Waals surface area contributed by atoms with Crippen LogP contribution < -0.4 is 5.32 Å². The summed E-state index contributed by atoms with van der Waals surface area (Å²) in [6.45, 7) is 5.54. The van der Waals surface area contributed by atoms with E-state index in [0.29, 0.717) is 18.4 Å². The Morgan fingerprint density at radius 2 is 1.64 bits per heavy atom. The van der Waals surface area contributed by atoms with Crippen LogP contribution in [-0.2, 0) is 16.0 Å². The molecule has 2 rings (SSSR count). The Morgan fingerprint density at radius 1 is 1.04 bits per heavy atom. The molecule has 4 heteroatoms. The van der Waals surface area contributed by atoms with Gasteiger partial charge in [0.25, 0.3) is 0 Å². The minimum atomic E-state index is -0.540. The van der Waals surface area contributed by atoms with E-state index < -0.39 is 11.7 Å². The molecule has 0 radical (unpaired) electrons. The fourth-order valence-corrected chi connectivity index (χ4v) is 3.02. The lowest BCUT2D eigenvalue weighted by Gasteiger charge is -2.24. The molecule has 0 saturated carbocycles. The normalized spacial score (nSPS) is 12.0. The fraction of sp³-hybridized carbons (Fsp3) is 0.375. The van der Waals surface area contributed by atoms with E-state index in [9.17, 15) is 9.59 Å². The second-order valence-electron chi connectivity index (χ2n) is 7.87. The summed E-state index contributed by atoms with van der Waals surface area (Å²) in [5.74, 6) is 2.07. The van der Waals surface area contributed by atoms with Crippen LogP contribution in [0.15, 0.2) is 60.7 Å². The molecule has 2 aromatic rings. The highest BCUT2D eigenvalue weighted by Crippen LogP contribution is 2.19. The molecule has 0 saturated heterocycles. The van der Waals surface area contributed by atoms with Crippen molar-refractivity contribution in [2.45, 2.75) is 58.1 Å². The molecule has 0 fully saturated rings. The summed E-state index contributed by atoms with van der Waals surface area (Å²) in [5, 5.41) is 2.98. The van der Waals surface area contributed by atoms with Crippen molar-refractivity contribution in [2.24, 2.45) is 0 Å². The van der Waals surface area contributed by atoms with Crippen LogP contribution in [-0.4, -0.2) is 23.7 Å². The third-order valence-electron chi connectivity index (χ3n) is 4.27. The number of amides is 1. The van der Waals surface area contributed by atoms with Gasteiger partial charge in [-0.05, 0) is 57.6 Å². The number of ether oxygens (including phenoxy) is 1. The van der Waals surface area contributed by atoms with Gasteiger partial charge in [-0.15, -0.1) is 0 Å². The Hall–Kier alpha value is -2.84. The standard InChI is InChI=1S/C24H29NO3/c1-24(2,3)28-23(27)25-22(17-19-11-6-4-7-12-19)16-10-15-21(18-26)20-13-8-5-9-14-20/h4-9,11-14,22H,10,15-17H2,1-3H3,(H,25,27). The fourth-order valence-electron chi connectivity index (χ4n) is 3.02. The lowest BCUT2D eigenvalue weighted by atomic mass is 9.97. The van der Waals surface area contributed by atoms with E-state index in [4.69, 9.17) is 4.74 Å². The van der Waals surface area contributed by atoms with Gasteiger partial charge >= 0.3 is 6.09 Å². The molecule has 1 N–H and O–H groups in total. The maximum Gasteiger partial charge on any atom is 0.407 e. The van der Waals surface area contributed by atoms with Crippen LogP contribution in [0.4, 0.5) is 4.79 Å². The van der Waals surface area contributed by atoms with Crippen molar-refractivity contribution in [1.29, 1.82) is 0 Å². The van der Waals surface area contributed by atoms with Crippen LogP contribution in [0.5, 0.6) is 0 Å². The van der Waals surface area contributed by atoms with Crippen molar-refractivity contribution in [3.8, 4) is 0 Å². The summed E-state index contributed by atoms with van der Waals surface area (Å²) in [6, 6.07) is 19.6. The number of allylic oxidation sites excluding steroid dienone is 1. The summed E-state index contributed by atoms with van der Waals surface area (Å²) in [4.78, 5) is 23.6. The van der Waals surface area contributed by atoms with E-state index in [1.807, 2.05) is 81.4 Å². The summed E-state index contributed by atoms with van der Waals surface area (Å²) < 4.78 is 5.41. The van der Waals surface area contributed by atoms with Crippen LogP contribution >= 0.6 is 0 Å². The molecular formula is C24H29NO3. The number of hydrogen-bond donors (Lipinski definition) is 1. The third kappa shape index (κ3) is 7.81. The third-order valence-corrected chi connectivity index (χ3v) is 4.27. The number of alkyl carbamates (subject to hydrolysis) is 1. The summed E-state index contributed by atoms with van der Waals surface area (Å²) in [7, 11) is 0. The first-order chi connectivity index (χ1) is 13.4. The Morgan fingerprint density at radius 3 is 2.21 bits per heavy atom. The SMILES string of the molecule is CC(C)(C)OC(=O)NC(CCCC(=C=O)c1ccccc1)Cc1ccccc1. The molecular weight excluding hydrogens is 350 g/mol. The zero-order valence-corrected chi connectivity index (χ0v) is 16.9. The maximum atomic E-state index is 12.2. The van der Waals surface area contributed by atoms with E-state index in [1.54, 1.807) is 0 Å². The van der Waals surface area contributed by atoms with Crippen LogP contribution in [0.3, 0.4) is 0 Å². The van der Waals surface area contributed by atoms with Crippen LogP contribution in [0.25, 0.3) is 5.57 Å².